The fourth-order valence-electron chi connectivity index (χ4n) is 4.35. The molecule has 0 unspecified atom stereocenters. The number of aromatic nitrogens is 6. The molecule has 6 aromatic rings. The lowest BCUT2D eigenvalue weighted by Gasteiger charge is -2.11. The van der Waals surface area contributed by atoms with E-state index < -0.39 is 5.82 Å². The number of phenols is 1. The standard InChI is InChI=1S/C28H24FN7O2/c1-36(2)7-8-38-20-11-17(14-30-15-20)22-3-4-24-27(33-22)28(35-34-24)25-13-21-23(32-25)5-6-31-26(21)16-9-18(29)12-19(37)10-16/h3-6,9-15,32,37H,7-8H2,1-2H3,(H,34,35). The van der Waals surface area contributed by atoms with Crippen LogP contribution in [0.25, 0.3) is 55.8 Å². The molecule has 0 atom stereocenters. The quantitative estimate of drug-likeness (QED) is 0.277. The molecule has 0 amide bonds. The summed E-state index contributed by atoms with van der Waals surface area (Å²) in [5, 5.41) is 18.2. The van der Waals surface area contributed by atoms with E-state index in [1.807, 2.05) is 44.4 Å². The number of rotatable bonds is 7. The van der Waals surface area contributed by atoms with Crippen molar-refractivity contribution in [2.24, 2.45) is 0 Å². The summed E-state index contributed by atoms with van der Waals surface area (Å²) in [4.78, 5) is 19.1. The third-order valence-corrected chi connectivity index (χ3v) is 6.18. The molecule has 9 nitrogen and oxygen atoms in total. The summed E-state index contributed by atoms with van der Waals surface area (Å²) in [5.41, 5.74) is 6.22. The van der Waals surface area contributed by atoms with E-state index in [-0.39, 0.29) is 5.75 Å². The second kappa shape index (κ2) is 9.56. The van der Waals surface area contributed by atoms with Gasteiger partial charge in [0.25, 0.3) is 0 Å². The van der Waals surface area contributed by atoms with Crippen molar-refractivity contribution >= 4 is 21.9 Å². The number of hydrogen-bond donors (Lipinski definition) is 3. The number of nitrogens with zero attached hydrogens (tertiary/aromatic N) is 5. The van der Waals surface area contributed by atoms with Gasteiger partial charge in [-0.25, -0.2) is 9.37 Å². The van der Waals surface area contributed by atoms with Crippen LogP contribution in [-0.2, 0) is 0 Å². The average molecular weight is 510 g/mol. The molecule has 0 aliphatic rings. The Balaban J connectivity index is 1.38. The van der Waals surface area contributed by atoms with E-state index in [4.69, 9.17) is 9.72 Å². The van der Waals surface area contributed by atoms with Crippen molar-refractivity contribution in [1.29, 1.82) is 0 Å². The molecule has 10 heteroatoms. The number of phenolic OH excluding ortho intramolecular Hbond substituents is 1. The highest BCUT2D eigenvalue weighted by molar-refractivity contribution is 5.99. The first-order chi connectivity index (χ1) is 18.4. The minimum Gasteiger partial charge on any atom is -0.508 e. The zero-order chi connectivity index (χ0) is 26.2. The number of fused-ring (bicyclic) bond motifs is 2. The summed E-state index contributed by atoms with van der Waals surface area (Å²) < 4.78 is 19.8. The summed E-state index contributed by atoms with van der Waals surface area (Å²) in [6.07, 6.45) is 5.08. The number of pyridine rings is 3. The Morgan fingerprint density at radius 2 is 1.87 bits per heavy atom. The van der Waals surface area contributed by atoms with Crippen molar-refractivity contribution in [3.8, 4) is 45.4 Å². The van der Waals surface area contributed by atoms with Crippen LogP contribution in [-0.4, -0.2) is 67.4 Å². The molecular weight excluding hydrogens is 485 g/mol. The predicted octanol–water partition coefficient (Wildman–Crippen LogP) is 5.02. The fourth-order valence-corrected chi connectivity index (χ4v) is 4.35. The van der Waals surface area contributed by atoms with E-state index in [9.17, 15) is 9.50 Å². The summed E-state index contributed by atoms with van der Waals surface area (Å²) >= 11 is 0. The van der Waals surface area contributed by atoms with Gasteiger partial charge in [0.1, 0.15) is 35.1 Å². The second-order valence-electron chi connectivity index (χ2n) is 9.23. The number of aromatic amines is 2. The first-order valence-electron chi connectivity index (χ1n) is 12.0. The van der Waals surface area contributed by atoms with E-state index >= 15 is 0 Å². The molecular formula is C28H24FN7O2. The van der Waals surface area contributed by atoms with E-state index in [0.29, 0.717) is 34.8 Å². The van der Waals surface area contributed by atoms with Crippen molar-refractivity contribution in [3.63, 3.8) is 0 Å². The van der Waals surface area contributed by atoms with E-state index in [1.165, 1.54) is 12.1 Å². The van der Waals surface area contributed by atoms with Gasteiger partial charge in [0.15, 0.2) is 0 Å². The highest BCUT2D eigenvalue weighted by Gasteiger charge is 2.17. The predicted molar refractivity (Wildman–Crippen MR) is 143 cm³/mol. The van der Waals surface area contributed by atoms with E-state index in [0.717, 1.165) is 46.0 Å². The van der Waals surface area contributed by atoms with Crippen LogP contribution in [0.3, 0.4) is 0 Å². The number of aromatic hydroxyl groups is 1. The Morgan fingerprint density at radius 1 is 0.974 bits per heavy atom. The first-order valence-corrected chi connectivity index (χ1v) is 12.0. The van der Waals surface area contributed by atoms with Crippen molar-refractivity contribution in [1.82, 2.24) is 35.0 Å². The summed E-state index contributed by atoms with van der Waals surface area (Å²) in [5.74, 6) is -0.0183. The van der Waals surface area contributed by atoms with Crippen molar-refractivity contribution < 1.29 is 14.2 Å². The number of likely N-dealkylation sites (N-methyl/N-ethyl adjacent to an activating group) is 1. The Morgan fingerprint density at radius 3 is 2.71 bits per heavy atom. The lowest BCUT2D eigenvalue weighted by molar-refractivity contribution is 0.261. The number of nitrogens with one attached hydrogen (secondary N) is 2. The van der Waals surface area contributed by atoms with Gasteiger partial charge in [-0.05, 0) is 56.6 Å². The van der Waals surface area contributed by atoms with Gasteiger partial charge in [-0.1, -0.05) is 0 Å². The summed E-state index contributed by atoms with van der Waals surface area (Å²) in [6.45, 7) is 1.36. The van der Waals surface area contributed by atoms with Crippen LogP contribution in [0.2, 0.25) is 0 Å². The molecule has 5 aromatic heterocycles. The molecule has 1 aromatic carbocycles. The van der Waals surface area contributed by atoms with Crippen molar-refractivity contribution in [2.45, 2.75) is 0 Å². The Kier molecular flexibility index (Phi) is 5.93. The highest BCUT2D eigenvalue weighted by Crippen LogP contribution is 2.34. The molecule has 0 bridgehead atoms. The monoisotopic (exact) mass is 509 g/mol. The number of benzene rings is 1. The third kappa shape index (κ3) is 4.53. The molecule has 5 heterocycles. The van der Waals surface area contributed by atoms with Gasteiger partial charge < -0.3 is 19.7 Å². The average Bonchev–Trinajstić information content (AvgIpc) is 3.51. The normalized spacial score (nSPS) is 11.6. The molecule has 0 saturated carbocycles. The van der Waals surface area contributed by atoms with Gasteiger partial charge in [-0.15, -0.1) is 0 Å². The van der Waals surface area contributed by atoms with Gasteiger partial charge >= 0.3 is 0 Å². The molecule has 0 radical (unpaired) electrons. The molecule has 0 fully saturated rings. The SMILES string of the molecule is CN(C)CCOc1cncc(-c2ccc3[nH]nc(-c4cc5c(-c6cc(O)cc(F)c6)nccc5[nH]4)c3n2)c1. The van der Waals surface area contributed by atoms with Crippen molar-refractivity contribution in [2.75, 3.05) is 27.2 Å². The maximum Gasteiger partial charge on any atom is 0.138 e. The topological polar surface area (TPSA) is 116 Å². The smallest absolute Gasteiger partial charge is 0.138 e. The molecule has 190 valence electrons. The maximum absolute atomic E-state index is 14.0. The minimum absolute atomic E-state index is 0.161. The van der Waals surface area contributed by atoms with E-state index in [1.54, 1.807) is 18.6 Å². The summed E-state index contributed by atoms with van der Waals surface area (Å²) in [7, 11) is 3.99. The van der Waals surface area contributed by atoms with Crippen LogP contribution in [0, 0.1) is 5.82 Å². The Labute approximate surface area is 217 Å². The van der Waals surface area contributed by atoms with Gasteiger partial charge in [-0.2, -0.15) is 5.10 Å². The van der Waals surface area contributed by atoms with Crippen molar-refractivity contribution in [3.05, 3.63) is 72.9 Å². The number of halogens is 1. The molecule has 0 saturated heterocycles. The number of ether oxygens (including phenoxy) is 1. The lowest BCUT2D eigenvalue weighted by Crippen LogP contribution is -2.19. The van der Waals surface area contributed by atoms with Crippen LogP contribution >= 0.6 is 0 Å². The fraction of sp³-hybridized carbons (Fsp3) is 0.143. The molecule has 3 N–H and O–H groups in total. The largest absolute Gasteiger partial charge is 0.508 e. The molecule has 0 spiro atoms. The molecule has 0 aliphatic carbocycles. The lowest BCUT2D eigenvalue weighted by atomic mass is 10.1. The van der Waals surface area contributed by atoms with E-state index in [2.05, 4.69) is 30.0 Å². The maximum atomic E-state index is 14.0. The zero-order valence-corrected chi connectivity index (χ0v) is 20.7. The van der Waals surface area contributed by atoms with Crippen LogP contribution in [0.4, 0.5) is 4.39 Å². The number of hydrogen-bond acceptors (Lipinski definition) is 7. The Hall–Kier alpha value is -4.83. The first kappa shape index (κ1) is 23.6. The van der Waals surface area contributed by atoms with Crippen LogP contribution < -0.4 is 4.74 Å². The zero-order valence-electron chi connectivity index (χ0n) is 20.7. The van der Waals surface area contributed by atoms with Gasteiger partial charge in [0.2, 0.25) is 0 Å². The second-order valence-corrected chi connectivity index (χ2v) is 9.23. The van der Waals surface area contributed by atoms with Crippen LogP contribution in [0.5, 0.6) is 11.5 Å². The van der Waals surface area contributed by atoms with Crippen LogP contribution in [0.1, 0.15) is 0 Å². The van der Waals surface area contributed by atoms with Gasteiger partial charge in [-0.3, -0.25) is 15.1 Å². The molecule has 6 rings (SSSR count). The molecule has 38 heavy (non-hydrogen) atoms. The number of H-pyrrole nitrogens is 2. The Bertz CT molecular complexity index is 1760. The molecule has 0 aliphatic heterocycles. The van der Waals surface area contributed by atoms with Gasteiger partial charge in [0, 0.05) is 47.0 Å². The third-order valence-electron chi connectivity index (χ3n) is 6.18. The van der Waals surface area contributed by atoms with Gasteiger partial charge in [0.05, 0.1) is 28.8 Å². The minimum atomic E-state index is -0.536. The highest BCUT2D eigenvalue weighted by atomic mass is 19.1. The summed E-state index contributed by atoms with van der Waals surface area (Å²) in [6, 6.07) is 13.4. The van der Waals surface area contributed by atoms with Crippen LogP contribution in [0.15, 0.2) is 67.1 Å².